The molecule has 0 aliphatic carbocycles. The SMILES string of the molecule is O=C(Nc1ccc(Cn2cccn2)cc1)c1ccc(Cn2cc([N+](=O)[O-])cn2)o1. The van der Waals surface area contributed by atoms with Crippen molar-refractivity contribution in [3.63, 3.8) is 0 Å². The number of anilines is 1. The number of aromatic nitrogens is 4. The molecule has 0 aliphatic rings. The minimum atomic E-state index is -0.523. The standard InChI is InChI=1S/C19H16N6O4/c26-19(22-15-4-2-14(3-5-15)11-23-9-1-8-20-23)18-7-6-17(29-18)13-24-12-16(10-21-24)25(27)28/h1-10,12H,11,13H2,(H,22,26). The minimum absolute atomic E-state index is 0.106. The van der Waals surface area contributed by atoms with E-state index in [4.69, 9.17) is 4.42 Å². The Labute approximate surface area is 164 Å². The van der Waals surface area contributed by atoms with Gasteiger partial charge in [0.1, 0.15) is 18.2 Å². The summed E-state index contributed by atoms with van der Waals surface area (Å²) in [4.78, 5) is 22.6. The number of benzene rings is 1. The summed E-state index contributed by atoms with van der Waals surface area (Å²) in [7, 11) is 0. The van der Waals surface area contributed by atoms with Crippen LogP contribution in [0.25, 0.3) is 0 Å². The molecule has 0 aliphatic heterocycles. The first-order valence-corrected chi connectivity index (χ1v) is 8.70. The van der Waals surface area contributed by atoms with Crippen LogP contribution in [0, 0.1) is 10.1 Å². The summed E-state index contributed by atoms with van der Waals surface area (Å²) in [6.45, 7) is 0.831. The van der Waals surface area contributed by atoms with Crippen LogP contribution in [0.15, 0.2) is 71.7 Å². The van der Waals surface area contributed by atoms with Crippen LogP contribution in [-0.2, 0) is 13.1 Å². The van der Waals surface area contributed by atoms with Crippen LogP contribution in [0.4, 0.5) is 11.4 Å². The van der Waals surface area contributed by atoms with Crippen LogP contribution in [-0.4, -0.2) is 30.4 Å². The van der Waals surface area contributed by atoms with Crippen LogP contribution >= 0.6 is 0 Å². The third kappa shape index (κ3) is 4.38. The van der Waals surface area contributed by atoms with Crippen LogP contribution in [0.1, 0.15) is 21.9 Å². The Kier molecular flexibility index (Phi) is 4.89. The van der Waals surface area contributed by atoms with Gasteiger partial charge in [0.05, 0.1) is 18.0 Å². The molecule has 3 aromatic heterocycles. The number of nitrogens with zero attached hydrogens (tertiary/aromatic N) is 5. The second kappa shape index (κ2) is 7.80. The molecule has 4 rings (SSSR count). The first-order chi connectivity index (χ1) is 14.1. The molecular weight excluding hydrogens is 376 g/mol. The van der Waals surface area contributed by atoms with Gasteiger partial charge >= 0.3 is 5.69 Å². The summed E-state index contributed by atoms with van der Waals surface area (Å²) < 4.78 is 8.71. The number of nitrogens with one attached hydrogen (secondary N) is 1. The Balaban J connectivity index is 1.36. The molecule has 0 saturated heterocycles. The van der Waals surface area contributed by atoms with Crippen molar-refractivity contribution in [1.29, 1.82) is 0 Å². The van der Waals surface area contributed by atoms with Crippen molar-refractivity contribution in [3.05, 3.63) is 94.5 Å². The van der Waals surface area contributed by atoms with Crippen LogP contribution in [0.2, 0.25) is 0 Å². The highest BCUT2D eigenvalue weighted by molar-refractivity contribution is 6.02. The number of carbonyl (C=O) groups is 1. The highest BCUT2D eigenvalue weighted by Gasteiger charge is 2.14. The zero-order valence-electron chi connectivity index (χ0n) is 15.1. The van der Waals surface area contributed by atoms with Crippen molar-refractivity contribution in [2.24, 2.45) is 0 Å². The Bertz CT molecular complexity index is 1130. The van der Waals surface area contributed by atoms with E-state index in [9.17, 15) is 14.9 Å². The van der Waals surface area contributed by atoms with E-state index in [1.54, 1.807) is 18.3 Å². The third-order valence-corrected chi connectivity index (χ3v) is 4.15. The summed E-state index contributed by atoms with van der Waals surface area (Å²) in [5, 5.41) is 21.5. The third-order valence-electron chi connectivity index (χ3n) is 4.15. The summed E-state index contributed by atoms with van der Waals surface area (Å²) in [5.74, 6) is 0.215. The molecule has 0 atom stereocenters. The number of hydrogen-bond acceptors (Lipinski definition) is 6. The highest BCUT2D eigenvalue weighted by atomic mass is 16.6. The van der Waals surface area contributed by atoms with E-state index in [0.717, 1.165) is 11.8 Å². The molecular formula is C19H16N6O4. The molecule has 0 fully saturated rings. The number of carbonyl (C=O) groups excluding carboxylic acids is 1. The van der Waals surface area contributed by atoms with Crippen molar-refractivity contribution in [3.8, 4) is 0 Å². The van der Waals surface area contributed by atoms with Gasteiger partial charge < -0.3 is 9.73 Å². The lowest BCUT2D eigenvalue weighted by Gasteiger charge is -2.06. The van der Waals surface area contributed by atoms with Gasteiger partial charge in [0.25, 0.3) is 5.91 Å². The highest BCUT2D eigenvalue weighted by Crippen LogP contribution is 2.16. The molecule has 10 nitrogen and oxygen atoms in total. The molecule has 0 radical (unpaired) electrons. The first kappa shape index (κ1) is 18.2. The second-order valence-electron chi connectivity index (χ2n) is 6.27. The normalized spacial score (nSPS) is 10.8. The topological polar surface area (TPSA) is 121 Å². The number of rotatable bonds is 7. The molecule has 146 valence electrons. The summed E-state index contributed by atoms with van der Waals surface area (Å²) in [6, 6.07) is 12.5. The van der Waals surface area contributed by atoms with Crippen LogP contribution in [0.3, 0.4) is 0 Å². The Hall–Kier alpha value is -4.21. The molecule has 1 amide bonds. The molecule has 10 heteroatoms. The fraction of sp³-hybridized carbons (Fsp3) is 0.105. The largest absolute Gasteiger partial charge is 0.454 e. The maximum Gasteiger partial charge on any atom is 0.307 e. The van der Waals surface area contributed by atoms with Gasteiger partial charge in [-0.25, -0.2) is 0 Å². The van der Waals surface area contributed by atoms with Gasteiger partial charge in [0, 0.05) is 18.1 Å². The smallest absolute Gasteiger partial charge is 0.307 e. The number of hydrogen-bond donors (Lipinski definition) is 1. The fourth-order valence-corrected chi connectivity index (χ4v) is 2.75. The average Bonchev–Trinajstić information content (AvgIpc) is 3.46. The Morgan fingerprint density at radius 3 is 2.62 bits per heavy atom. The van der Waals surface area contributed by atoms with E-state index in [0.29, 0.717) is 18.0 Å². The Morgan fingerprint density at radius 1 is 1.10 bits per heavy atom. The van der Waals surface area contributed by atoms with Gasteiger partial charge in [0.2, 0.25) is 0 Å². The van der Waals surface area contributed by atoms with E-state index < -0.39 is 4.92 Å². The molecule has 4 aromatic rings. The maximum absolute atomic E-state index is 12.4. The minimum Gasteiger partial charge on any atom is -0.454 e. The molecule has 1 aromatic carbocycles. The molecule has 0 spiro atoms. The van der Waals surface area contributed by atoms with Gasteiger partial charge in [-0.15, -0.1) is 0 Å². The predicted octanol–water partition coefficient (Wildman–Crippen LogP) is 2.93. The number of furan rings is 1. The molecule has 3 heterocycles. The molecule has 0 bridgehead atoms. The van der Waals surface area contributed by atoms with E-state index in [-0.39, 0.29) is 23.9 Å². The van der Waals surface area contributed by atoms with Gasteiger partial charge in [0.15, 0.2) is 5.76 Å². The van der Waals surface area contributed by atoms with Gasteiger partial charge in [-0.3, -0.25) is 24.3 Å². The molecule has 0 unspecified atom stereocenters. The van der Waals surface area contributed by atoms with Gasteiger partial charge in [-0.05, 0) is 35.9 Å². The zero-order valence-corrected chi connectivity index (χ0v) is 15.1. The fourth-order valence-electron chi connectivity index (χ4n) is 2.75. The van der Waals surface area contributed by atoms with E-state index >= 15 is 0 Å². The van der Waals surface area contributed by atoms with Crippen molar-refractivity contribution in [2.45, 2.75) is 13.1 Å². The Morgan fingerprint density at radius 2 is 1.93 bits per heavy atom. The summed E-state index contributed by atoms with van der Waals surface area (Å²) in [5.41, 5.74) is 1.59. The molecule has 1 N–H and O–H groups in total. The average molecular weight is 392 g/mol. The van der Waals surface area contributed by atoms with Crippen molar-refractivity contribution in [2.75, 3.05) is 5.32 Å². The zero-order chi connectivity index (χ0) is 20.2. The number of nitro groups is 1. The summed E-state index contributed by atoms with van der Waals surface area (Å²) >= 11 is 0. The predicted molar refractivity (Wildman–Crippen MR) is 102 cm³/mol. The second-order valence-corrected chi connectivity index (χ2v) is 6.27. The monoisotopic (exact) mass is 392 g/mol. The van der Waals surface area contributed by atoms with Crippen molar-refractivity contribution < 1.29 is 14.1 Å². The van der Waals surface area contributed by atoms with E-state index in [1.807, 2.05) is 41.2 Å². The molecule has 0 saturated carbocycles. The van der Waals surface area contributed by atoms with Crippen molar-refractivity contribution in [1.82, 2.24) is 19.6 Å². The quantitative estimate of drug-likeness (QED) is 0.381. The van der Waals surface area contributed by atoms with Gasteiger partial charge in [-0.1, -0.05) is 12.1 Å². The maximum atomic E-state index is 12.4. The molecule has 29 heavy (non-hydrogen) atoms. The lowest BCUT2D eigenvalue weighted by Crippen LogP contribution is -2.11. The lowest BCUT2D eigenvalue weighted by atomic mass is 10.2. The van der Waals surface area contributed by atoms with Crippen LogP contribution in [0.5, 0.6) is 0 Å². The summed E-state index contributed by atoms with van der Waals surface area (Å²) in [6.07, 6.45) is 6.06. The first-order valence-electron chi connectivity index (χ1n) is 8.70. The van der Waals surface area contributed by atoms with Crippen LogP contribution < -0.4 is 5.32 Å². The van der Waals surface area contributed by atoms with Gasteiger partial charge in [-0.2, -0.15) is 10.2 Å². The van der Waals surface area contributed by atoms with E-state index in [1.165, 1.54) is 10.9 Å². The van der Waals surface area contributed by atoms with E-state index in [2.05, 4.69) is 15.5 Å². The number of amides is 1. The lowest BCUT2D eigenvalue weighted by molar-refractivity contribution is -0.385. The van der Waals surface area contributed by atoms with Crippen molar-refractivity contribution >= 4 is 17.3 Å².